The van der Waals surface area contributed by atoms with Gasteiger partial charge in [0.15, 0.2) is 0 Å². The second-order valence-electron chi connectivity index (χ2n) is 5.80. The molecule has 1 aliphatic rings. The Morgan fingerprint density at radius 3 is 2.84 bits per heavy atom. The van der Waals surface area contributed by atoms with Crippen LogP contribution < -0.4 is 10.2 Å². The maximum Gasteiger partial charge on any atom is 0.0471 e. The number of halogens is 1. The van der Waals surface area contributed by atoms with Crippen LogP contribution in [0.2, 0.25) is 5.02 Å². The summed E-state index contributed by atoms with van der Waals surface area (Å²) in [5.74, 6) is 0.841. The molecular formula is C16H25ClN2. The lowest BCUT2D eigenvalue weighted by Gasteiger charge is -2.36. The van der Waals surface area contributed by atoms with Gasteiger partial charge in [0.05, 0.1) is 0 Å². The molecule has 2 atom stereocenters. The average Bonchev–Trinajstić information content (AvgIpc) is 2.40. The fraction of sp³-hybridized carbons (Fsp3) is 0.625. The van der Waals surface area contributed by atoms with E-state index in [2.05, 4.69) is 36.3 Å². The van der Waals surface area contributed by atoms with Gasteiger partial charge in [-0.15, -0.1) is 0 Å². The third-order valence-electron chi connectivity index (χ3n) is 4.28. The van der Waals surface area contributed by atoms with Gasteiger partial charge >= 0.3 is 0 Å². The summed E-state index contributed by atoms with van der Waals surface area (Å²) in [5.41, 5.74) is 2.49. The molecule has 19 heavy (non-hydrogen) atoms. The van der Waals surface area contributed by atoms with E-state index in [1.807, 2.05) is 13.1 Å². The summed E-state index contributed by atoms with van der Waals surface area (Å²) in [5, 5.41) is 4.08. The van der Waals surface area contributed by atoms with Gasteiger partial charge in [-0.05, 0) is 37.9 Å². The highest BCUT2D eigenvalue weighted by Crippen LogP contribution is 2.33. The van der Waals surface area contributed by atoms with Crippen LogP contribution in [0.4, 0.5) is 5.69 Å². The molecule has 0 heterocycles. The van der Waals surface area contributed by atoms with Gasteiger partial charge in [-0.3, -0.25) is 0 Å². The Morgan fingerprint density at radius 2 is 2.16 bits per heavy atom. The second-order valence-corrected chi connectivity index (χ2v) is 6.21. The lowest BCUT2D eigenvalue weighted by molar-refractivity contribution is 0.336. The third-order valence-corrected chi connectivity index (χ3v) is 4.64. The molecule has 0 spiro atoms. The van der Waals surface area contributed by atoms with Gasteiger partial charge in [0.25, 0.3) is 0 Å². The van der Waals surface area contributed by atoms with Crippen LogP contribution in [-0.2, 0) is 6.54 Å². The molecule has 0 radical (unpaired) electrons. The first kappa shape index (κ1) is 14.7. The molecule has 3 heteroatoms. The van der Waals surface area contributed by atoms with Gasteiger partial charge in [-0.2, -0.15) is 0 Å². The first-order valence-electron chi connectivity index (χ1n) is 7.28. The minimum Gasteiger partial charge on any atom is -0.371 e. The van der Waals surface area contributed by atoms with E-state index in [0.717, 1.165) is 17.5 Å². The molecule has 1 aromatic rings. The van der Waals surface area contributed by atoms with E-state index < -0.39 is 0 Å². The van der Waals surface area contributed by atoms with Crippen LogP contribution in [0.1, 0.15) is 38.2 Å². The summed E-state index contributed by atoms with van der Waals surface area (Å²) in [6.45, 7) is 3.19. The molecule has 1 fully saturated rings. The first-order valence-corrected chi connectivity index (χ1v) is 7.66. The van der Waals surface area contributed by atoms with E-state index >= 15 is 0 Å². The van der Waals surface area contributed by atoms with E-state index in [1.165, 1.54) is 36.9 Å². The molecule has 0 saturated heterocycles. The Labute approximate surface area is 122 Å². The van der Waals surface area contributed by atoms with Gasteiger partial charge in [-0.25, -0.2) is 0 Å². The number of hydrogen-bond donors (Lipinski definition) is 1. The van der Waals surface area contributed by atoms with Crippen molar-refractivity contribution in [3.63, 3.8) is 0 Å². The van der Waals surface area contributed by atoms with E-state index in [4.69, 9.17) is 11.6 Å². The predicted octanol–water partition coefficient (Wildman–Crippen LogP) is 4.07. The minimum absolute atomic E-state index is 0.651. The average molecular weight is 281 g/mol. The fourth-order valence-corrected chi connectivity index (χ4v) is 3.42. The molecule has 2 unspecified atom stereocenters. The zero-order valence-electron chi connectivity index (χ0n) is 12.2. The highest BCUT2D eigenvalue weighted by Gasteiger charge is 2.24. The lowest BCUT2D eigenvalue weighted by atomic mass is 9.86. The molecule has 1 aromatic carbocycles. The summed E-state index contributed by atoms with van der Waals surface area (Å²) in [7, 11) is 4.18. The number of rotatable bonds is 4. The van der Waals surface area contributed by atoms with Crippen molar-refractivity contribution in [3.05, 3.63) is 28.8 Å². The summed E-state index contributed by atoms with van der Waals surface area (Å²) < 4.78 is 0. The quantitative estimate of drug-likeness (QED) is 0.894. The lowest BCUT2D eigenvalue weighted by Crippen LogP contribution is -2.36. The van der Waals surface area contributed by atoms with E-state index in [0.29, 0.717) is 6.04 Å². The summed E-state index contributed by atoms with van der Waals surface area (Å²) in [4.78, 5) is 2.44. The Kier molecular flexibility index (Phi) is 5.12. The number of anilines is 1. The van der Waals surface area contributed by atoms with Crippen LogP contribution >= 0.6 is 11.6 Å². The first-order chi connectivity index (χ1) is 9.13. The zero-order valence-corrected chi connectivity index (χ0v) is 13.0. The van der Waals surface area contributed by atoms with Gasteiger partial charge < -0.3 is 10.2 Å². The Morgan fingerprint density at radius 1 is 1.37 bits per heavy atom. The highest BCUT2D eigenvalue weighted by molar-refractivity contribution is 6.31. The van der Waals surface area contributed by atoms with Gasteiger partial charge in [0, 0.05) is 35.9 Å². The van der Waals surface area contributed by atoms with Crippen LogP contribution in [-0.4, -0.2) is 20.1 Å². The second kappa shape index (κ2) is 6.62. The molecule has 106 valence electrons. The molecule has 1 saturated carbocycles. The number of hydrogen-bond acceptors (Lipinski definition) is 2. The van der Waals surface area contributed by atoms with Crippen LogP contribution in [0.25, 0.3) is 0 Å². The predicted molar refractivity (Wildman–Crippen MR) is 84.0 cm³/mol. The molecule has 2 rings (SSSR count). The van der Waals surface area contributed by atoms with Crippen molar-refractivity contribution >= 4 is 17.3 Å². The summed E-state index contributed by atoms with van der Waals surface area (Å²) in [6, 6.07) is 6.88. The zero-order chi connectivity index (χ0) is 13.8. The van der Waals surface area contributed by atoms with Crippen molar-refractivity contribution in [2.75, 3.05) is 19.0 Å². The Hall–Kier alpha value is -0.730. The monoisotopic (exact) mass is 280 g/mol. The number of nitrogens with zero attached hydrogens (tertiary/aromatic N) is 1. The van der Waals surface area contributed by atoms with E-state index in [-0.39, 0.29) is 0 Å². The third kappa shape index (κ3) is 3.43. The standard InChI is InChI=1S/C16H25ClN2/c1-12-6-4-7-13(10-12)19(3)16-9-5-8-15(17)14(16)11-18-2/h5,8-9,12-13,18H,4,6-7,10-11H2,1-3H3. The van der Waals surface area contributed by atoms with Crippen LogP contribution in [0, 0.1) is 5.92 Å². The summed E-state index contributed by atoms with van der Waals surface area (Å²) in [6.07, 6.45) is 5.32. The van der Waals surface area contributed by atoms with Crippen LogP contribution in [0.3, 0.4) is 0 Å². The van der Waals surface area contributed by atoms with Crippen molar-refractivity contribution in [1.29, 1.82) is 0 Å². The van der Waals surface area contributed by atoms with Gasteiger partial charge in [0.1, 0.15) is 0 Å². The minimum atomic E-state index is 0.651. The van der Waals surface area contributed by atoms with Gasteiger partial charge in [-0.1, -0.05) is 37.4 Å². The Balaban J connectivity index is 2.22. The van der Waals surface area contributed by atoms with Crippen molar-refractivity contribution < 1.29 is 0 Å². The molecule has 0 amide bonds. The Bertz CT molecular complexity index is 419. The van der Waals surface area contributed by atoms with Crippen LogP contribution in [0.5, 0.6) is 0 Å². The largest absolute Gasteiger partial charge is 0.371 e. The molecule has 2 nitrogen and oxygen atoms in total. The highest BCUT2D eigenvalue weighted by atomic mass is 35.5. The molecule has 1 N–H and O–H groups in total. The SMILES string of the molecule is CNCc1c(Cl)cccc1N(C)C1CCCC(C)C1. The van der Waals surface area contributed by atoms with Crippen molar-refractivity contribution in [3.8, 4) is 0 Å². The molecular weight excluding hydrogens is 256 g/mol. The molecule has 1 aliphatic carbocycles. The topological polar surface area (TPSA) is 15.3 Å². The molecule has 0 aromatic heterocycles. The van der Waals surface area contributed by atoms with Crippen LogP contribution in [0.15, 0.2) is 18.2 Å². The maximum atomic E-state index is 6.35. The van der Waals surface area contributed by atoms with E-state index in [9.17, 15) is 0 Å². The van der Waals surface area contributed by atoms with Gasteiger partial charge in [0.2, 0.25) is 0 Å². The maximum absolute atomic E-state index is 6.35. The number of benzene rings is 1. The molecule has 0 aliphatic heterocycles. The molecule has 0 bridgehead atoms. The van der Waals surface area contributed by atoms with Crippen molar-refractivity contribution in [1.82, 2.24) is 5.32 Å². The van der Waals surface area contributed by atoms with E-state index in [1.54, 1.807) is 0 Å². The van der Waals surface area contributed by atoms with Crippen molar-refractivity contribution in [2.24, 2.45) is 5.92 Å². The van der Waals surface area contributed by atoms with Crippen molar-refractivity contribution in [2.45, 2.75) is 45.2 Å². The smallest absolute Gasteiger partial charge is 0.0471 e. The normalized spacial score (nSPS) is 23.4. The number of nitrogens with one attached hydrogen (secondary N) is 1. The summed E-state index contributed by atoms with van der Waals surface area (Å²) >= 11 is 6.35. The fourth-order valence-electron chi connectivity index (χ4n) is 3.18.